The average molecular weight is 453 g/mol. The van der Waals surface area contributed by atoms with E-state index in [1.165, 1.54) is 18.2 Å². The molecule has 2 aromatic heterocycles. The fourth-order valence-electron chi connectivity index (χ4n) is 4.86. The number of hydrogen-bond acceptors (Lipinski definition) is 3. The highest BCUT2D eigenvalue weighted by molar-refractivity contribution is 5.88. The molecule has 0 atom stereocenters. The lowest BCUT2D eigenvalue weighted by atomic mass is 9.89. The van der Waals surface area contributed by atoms with E-state index < -0.39 is 0 Å². The van der Waals surface area contributed by atoms with Gasteiger partial charge in [0.2, 0.25) is 0 Å². The van der Waals surface area contributed by atoms with Gasteiger partial charge in [0, 0.05) is 41.3 Å². The van der Waals surface area contributed by atoms with E-state index in [4.69, 9.17) is 4.74 Å². The van der Waals surface area contributed by atoms with Crippen LogP contribution in [-0.2, 0) is 13.0 Å². The standard InChI is InChI=1S/C28H21F2N3O/c1-16(14-31)26-21-8-4-17(11-19(21)15-34-25-13-20(29)7-9-22(25)26)12-24-27(18-5-6-18)32-28-23(30)3-2-10-33(24)28/h2-4,7-11,13,18H,5-6,12,15H2,1H3/b26-16+. The van der Waals surface area contributed by atoms with Crippen LogP contribution < -0.4 is 4.74 Å². The van der Waals surface area contributed by atoms with E-state index >= 15 is 0 Å². The van der Waals surface area contributed by atoms with Crippen LogP contribution in [0, 0.1) is 23.0 Å². The third-order valence-electron chi connectivity index (χ3n) is 6.65. The predicted octanol–water partition coefficient (Wildman–Crippen LogP) is 6.32. The van der Waals surface area contributed by atoms with Crippen molar-refractivity contribution in [1.29, 1.82) is 5.26 Å². The number of rotatable bonds is 3. The first-order chi connectivity index (χ1) is 16.5. The SMILES string of the molecule is C/C(C#N)=C1/c2ccc(Cc3c(C4CC4)nc4c(F)cccn34)cc2COc2cc(F)ccc21. The van der Waals surface area contributed by atoms with E-state index in [1.54, 1.807) is 19.1 Å². The average Bonchev–Trinajstić information content (AvgIpc) is 3.63. The van der Waals surface area contributed by atoms with Crippen molar-refractivity contribution in [2.75, 3.05) is 0 Å². The zero-order valence-corrected chi connectivity index (χ0v) is 18.6. The Balaban J connectivity index is 1.45. The van der Waals surface area contributed by atoms with Gasteiger partial charge in [0.05, 0.1) is 17.5 Å². The molecule has 168 valence electrons. The maximum Gasteiger partial charge on any atom is 0.173 e. The minimum absolute atomic E-state index is 0.263. The van der Waals surface area contributed by atoms with Crippen molar-refractivity contribution in [1.82, 2.24) is 9.38 Å². The van der Waals surface area contributed by atoms with Gasteiger partial charge in [0.15, 0.2) is 11.5 Å². The van der Waals surface area contributed by atoms with Crippen molar-refractivity contribution >= 4 is 11.2 Å². The summed E-state index contributed by atoms with van der Waals surface area (Å²) in [6, 6.07) is 15.9. The molecule has 3 heterocycles. The second-order valence-corrected chi connectivity index (χ2v) is 8.98. The van der Waals surface area contributed by atoms with Gasteiger partial charge in [-0.3, -0.25) is 0 Å². The Labute approximate surface area is 195 Å². The number of allylic oxidation sites excluding steroid dienone is 1. The lowest BCUT2D eigenvalue weighted by molar-refractivity contribution is 0.305. The summed E-state index contributed by atoms with van der Waals surface area (Å²) in [4.78, 5) is 4.64. The number of ether oxygens (including phenoxy) is 1. The molecule has 2 aromatic carbocycles. The number of nitrogens with zero attached hydrogens (tertiary/aromatic N) is 3. The Hall–Kier alpha value is -3.98. The summed E-state index contributed by atoms with van der Waals surface area (Å²) in [6.45, 7) is 2.03. The van der Waals surface area contributed by atoms with E-state index in [1.807, 2.05) is 22.7 Å². The molecular weight excluding hydrogens is 432 g/mol. The molecule has 0 N–H and O–H groups in total. The Bertz CT molecular complexity index is 1540. The first kappa shape index (κ1) is 20.6. The van der Waals surface area contributed by atoms with Gasteiger partial charge in [0.25, 0.3) is 0 Å². The summed E-state index contributed by atoms with van der Waals surface area (Å²) in [6.07, 6.45) is 4.61. The molecule has 4 nitrogen and oxygen atoms in total. The molecule has 1 fully saturated rings. The number of aromatic nitrogens is 2. The Morgan fingerprint density at radius 1 is 1.15 bits per heavy atom. The molecule has 0 bridgehead atoms. The normalized spacial score (nSPS) is 16.3. The van der Waals surface area contributed by atoms with Gasteiger partial charge in [-0.25, -0.2) is 13.8 Å². The number of fused-ring (bicyclic) bond motifs is 3. The zero-order chi connectivity index (χ0) is 23.4. The molecule has 2 aliphatic rings. The fourth-order valence-corrected chi connectivity index (χ4v) is 4.86. The lowest BCUT2D eigenvalue weighted by Crippen LogP contribution is -2.02. The smallest absolute Gasteiger partial charge is 0.173 e. The largest absolute Gasteiger partial charge is 0.488 e. The van der Waals surface area contributed by atoms with Crippen molar-refractivity contribution < 1.29 is 13.5 Å². The second-order valence-electron chi connectivity index (χ2n) is 8.98. The lowest BCUT2D eigenvalue weighted by Gasteiger charge is -2.13. The minimum atomic E-state index is -0.383. The summed E-state index contributed by atoms with van der Waals surface area (Å²) in [7, 11) is 0. The molecule has 1 saturated carbocycles. The molecule has 0 unspecified atom stereocenters. The first-order valence-electron chi connectivity index (χ1n) is 11.3. The van der Waals surface area contributed by atoms with Crippen molar-refractivity contribution in [3.63, 3.8) is 0 Å². The van der Waals surface area contributed by atoms with Crippen LogP contribution >= 0.6 is 0 Å². The molecule has 1 aliphatic carbocycles. The zero-order valence-electron chi connectivity index (χ0n) is 18.6. The Morgan fingerprint density at radius 2 is 1.97 bits per heavy atom. The maximum atomic E-state index is 14.4. The van der Waals surface area contributed by atoms with E-state index in [0.29, 0.717) is 34.9 Å². The maximum absolute atomic E-state index is 14.4. The highest BCUT2D eigenvalue weighted by atomic mass is 19.1. The molecule has 0 saturated heterocycles. The van der Waals surface area contributed by atoms with E-state index in [2.05, 4.69) is 17.1 Å². The molecule has 0 radical (unpaired) electrons. The van der Waals surface area contributed by atoms with Crippen LogP contribution in [0.4, 0.5) is 8.78 Å². The Morgan fingerprint density at radius 3 is 2.76 bits per heavy atom. The number of nitriles is 1. The van der Waals surface area contributed by atoms with E-state index in [0.717, 1.165) is 46.5 Å². The topological polar surface area (TPSA) is 50.3 Å². The van der Waals surface area contributed by atoms with Crippen LogP contribution in [0.25, 0.3) is 11.2 Å². The molecule has 4 aromatic rings. The molecule has 0 spiro atoms. The highest BCUT2D eigenvalue weighted by Crippen LogP contribution is 2.43. The third-order valence-corrected chi connectivity index (χ3v) is 6.65. The van der Waals surface area contributed by atoms with Crippen LogP contribution in [0.15, 0.2) is 60.3 Å². The number of pyridine rings is 1. The predicted molar refractivity (Wildman–Crippen MR) is 124 cm³/mol. The number of benzene rings is 2. The number of hydrogen-bond donors (Lipinski definition) is 0. The minimum Gasteiger partial charge on any atom is -0.488 e. The van der Waals surface area contributed by atoms with Crippen LogP contribution in [0.3, 0.4) is 0 Å². The number of imidazole rings is 1. The van der Waals surface area contributed by atoms with E-state index in [9.17, 15) is 14.0 Å². The molecule has 6 heteroatoms. The number of halogens is 2. The van der Waals surface area contributed by atoms with Crippen LogP contribution in [0.5, 0.6) is 5.75 Å². The summed E-state index contributed by atoms with van der Waals surface area (Å²) < 4.78 is 36.2. The third kappa shape index (κ3) is 3.36. The van der Waals surface area contributed by atoms with Gasteiger partial charge in [-0.15, -0.1) is 0 Å². The van der Waals surface area contributed by atoms with Gasteiger partial charge in [-0.1, -0.05) is 18.2 Å². The van der Waals surface area contributed by atoms with Gasteiger partial charge in [-0.05, 0) is 60.7 Å². The van der Waals surface area contributed by atoms with Gasteiger partial charge in [0.1, 0.15) is 18.2 Å². The second kappa shape index (κ2) is 7.81. The molecule has 1 aliphatic heterocycles. The summed E-state index contributed by atoms with van der Waals surface area (Å²) >= 11 is 0. The monoisotopic (exact) mass is 453 g/mol. The molecule has 34 heavy (non-hydrogen) atoms. The van der Waals surface area contributed by atoms with Crippen LogP contribution in [-0.4, -0.2) is 9.38 Å². The Kier molecular flexibility index (Phi) is 4.73. The van der Waals surface area contributed by atoms with Gasteiger partial charge in [-0.2, -0.15) is 5.26 Å². The van der Waals surface area contributed by atoms with Crippen LogP contribution in [0.1, 0.15) is 59.3 Å². The van der Waals surface area contributed by atoms with Gasteiger partial charge < -0.3 is 9.14 Å². The van der Waals surface area contributed by atoms with E-state index in [-0.39, 0.29) is 18.2 Å². The van der Waals surface area contributed by atoms with Gasteiger partial charge >= 0.3 is 0 Å². The van der Waals surface area contributed by atoms with Crippen molar-refractivity contribution in [2.24, 2.45) is 0 Å². The quantitative estimate of drug-likeness (QED) is 0.341. The molecule has 6 rings (SSSR count). The summed E-state index contributed by atoms with van der Waals surface area (Å²) in [5, 5.41) is 9.66. The highest BCUT2D eigenvalue weighted by Gasteiger charge is 2.31. The molecular formula is C28H21F2N3O. The summed E-state index contributed by atoms with van der Waals surface area (Å²) in [5.41, 5.74) is 7.21. The molecule has 0 amide bonds. The van der Waals surface area contributed by atoms with Crippen molar-refractivity contribution in [3.05, 3.63) is 106 Å². The first-order valence-corrected chi connectivity index (χ1v) is 11.3. The van der Waals surface area contributed by atoms with Crippen molar-refractivity contribution in [2.45, 2.75) is 38.7 Å². The fraction of sp³-hybridized carbons (Fsp3) is 0.214. The van der Waals surface area contributed by atoms with Crippen LogP contribution in [0.2, 0.25) is 0 Å². The van der Waals surface area contributed by atoms with Crippen molar-refractivity contribution in [3.8, 4) is 11.8 Å². The summed E-state index contributed by atoms with van der Waals surface area (Å²) in [5.74, 6) is 0.107.